The predicted molar refractivity (Wildman–Crippen MR) is 482 cm³/mol. The van der Waals surface area contributed by atoms with Crippen LogP contribution in [-0.4, -0.2) is 0 Å². The quantitative estimate of drug-likeness (QED) is 0.0851. The molecular formula is C108H77N5O. The van der Waals surface area contributed by atoms with Crippen molar-refractivity contribution in [2.75, 3.05) is 24.5 Å². The minimum Gasteiger partial charge on any atom is -0.456 e. The van der Waals surface area contributed by atoms with E-state index < -0.39 is 0 Å². The van der Waals surface area contributed by atoms with Gasteiger partial charge >= 0.3 is 0 Å². The molecule has 0 fully saturated rings. The van der Waals surface area contributed by atoms with E-state index in [-0.39, 0.29) is 0 Å². The SMILES string of the molecule is c1ccc(-c2ccc(N(c3ccc(-c4ccccc4)cc3)c3ccc(-c4ccc5oc6ccccc6c5c4)cc3)cc2)cc1.c1ccc(N(c2ccc(N(c3ccc(N(c4ccccc4)c4ccc5ccccc5c4)cc3)c3ccc(N(c4ccccc4)c4ccc5ccccc5c4)cc3)cc2)c2ccc3ccccc3c2)cc1. The highest BCUT2D eigenvalue weighted by Crippen LogP contribution is 2.46. The smallest absolute Gasteiger partial charge is 0.135 e. The van der Waals surface area contributed by atoms with Gasteiger partial charge < -0.3 is 28.9 Å². The molecule has 0 aliphatic rings. The molecule has 0 aliphatic carbocycles. The second kappa shape index (κ2) is 31.4. The van der Waals surface area contributed by atoms with Crippen LogP contribution in [0, 0.1) is 0 Å². The van der Waals surface area contributed by atoms with E-state index >= 15 is 0 Å². The van der Waals surface area contributed by atoms with Crippen molar-refractivity contribution in [3.8, 4) is 33.4 Å². The van der Waals surface area contributed by atoms with Gasteiger partial charge in [0.05, 0.1) is 0 Å². The fraction of sp³-hybridized carbons (Fsp3) is 0. The van der Waals surface area contributed by atoms with Crippen LogP contribution < -0.4 is 24.5 Å². The van der Waals surface area contributed by atoms with Crippen molar-refractivity contribution in [2.45, 2.75) is 0 Å². The van der Waals surface area contributed by atoms with Crippen LogP contribution in [0.1, 0.15) is 0 Å². The zero-order valence-corrected chi connectivity index (χ0v) is 62.6. The Morgan fingerprint density at radius 3 is 0.658 bits per heavy atom. The summed E-state index contributed by atoms with van der Waals surface area (Å²) in [6.45, 7) is 0. The van der Waals surface area contributed by atoms with E-state index in [0.29, 0.717) is 0 Å². The maximum Gasteiger partial charge on any atom is 0.135 e. The van der Waals surface area contributed by atoms with Crippen LogP contribution in [0.3, 0.4) is 0 Å². The third-order valence-corrected chi connectivity index (χ3v) is 21.4. The van der Waals surface area contributed by atoms with Crippen molar-refractivity contribution >= 4 is 140 Å². The molecule has 0 radical (unpaired) electrons. The molecular weight excluding hydrogens is 1380 g/mol. The molecule has 6 nitrogen and oxygen atoms in total. The normalized spacial score (nSPS) is 11.2. The minimum absolute atomic E-state index is 0.913. The Hall–Kier alpha value is -15.2. The lowest BCUT2D eigenvalue weighted by Crippen LogP contribution is -2.14. The van der Waals surface area contributed by atoms with Gasteiger partial charge in [-0.15, -0.1) is 0 Å². The number of nitrogens with zero attached hydrogens (tertiary/aromatic N) is 5. The Morgan fingerprint density at radius 1 is 0.123 bits per heavy atom. The third kappa shape index (κ3) is 14.3. The standard InChI is InChI=1S/C66H48N4.C42H29NO/c1-4-22-55(23-5-1)68(64-31-28-49-16-10-13-19-52(49)46-64)61-40-34-58(35-41-61)67(59-36-42-62(43-37-59)69(56-24-6-2-7-25-56)65-32-29-50-17-11-14-20-53(50)47-65)60-38-44-63(45-39-60)70(57-26-8-3-9-27-57)66-33-30-51-18-12-15-21-54(51)48-66;1-3-9-30(10-4-1)32-15-22-36(23-16-32)43(37-24-17-33(18-25-37)31-11-5-2-6-12-31)38-26-19-34(20-27-38)35-21-28-42-40(29-35)39-13-7-8-14-41(39)44-42/h1-48H;1-29H. The van der Waals surface area contributed by atoms with Crippen molar-refractivity contribution in [1.29, 1.82) is 0 Å². The van der Waals surface area contributed by atoms with E-state index in [1.54, 1.807) is 0 Å². The third-order valence-electron chi connectivity index (χ3n) is 21.4. The second-order valence-electron chi connectivity index (χ2n) is 28.5. The van der Waals surface area contributed by atoms with Gasteiger partial charge in [-0.1, -0.05) is 267 Å². The number of hydrogen-bond acceptors (Lipinski definition) is 6. The second-order valence-corrected chi connectivity index (χ2v) is 28.5. The van der Waals surface area contributed by atoms with Gasteiger partial charge in [-0.05, 0) is 266 Å². The number of anilines is 15. The van der Waals surface area contributed by atoms with Gasteiger partial charge in [0, 0.05) is 96.1 Å². The fourth-order valence-electron chi connectivity index (χ4n) is 15.7. The van der Waals surface area contributed by atoms with Gasteiger partial charge in [0.2, 0.25) is 0 Å². The molecule has 20 rings (SSSR count). The van der Waals surface area contributed by atoms with Gasteiger partial charge in [-0.2, -0.15) is 0 Å². The predicted octanol–water partition coefficient (Wildman–Crippen LogP) is 31.1. The summed E-state index contributed by atoms with van der Waals surface area (Å²) in [7, 11) is 0. The van der Waals surface area contributed by atoms with Gasteiger partial charge in [-0.25, -0.2) is 0 Å². The summed E-state index contributed by atoms with van der Waals surface area (Å²) in [5, 5.41) is 9.54. The molecule has 0 spiro atoms. The number of furan rings is 1. The molecule has 6 heteroatoms. The number of fused-ring (bicyclic) bond motifs is 6. The minimum atomic E-state index is 0.913. The van der Waals surface area contributed by atoms with Gasteiger partial charge in [-0.3, -0.25) is 0 Å². The molecule has 0 bridgehead atoms. The molecule has 19 aromatic carbocycles. The zero-order valence-electron chi connectivity index (χ0n) is 62.6. The molecule has 0 saturated heterocycles. The Balaban J connectivity index is 0.000000170. The Morgan fingerprint density at radius 2 is 0.333 bits per heavy atom. The highest BCUT2D eigenvalue weighted by Gasteiger charge is 2.22. The number of rotatable bonds is 18. The average Bonchev–Trinajstić information content (AvgIpc) is 1.70. The average molecular weight is 1460 g/mol. The first-order chi connectivity index (χ1) is 56.5. The first-order valence-corrected chi connectivity index (χ1v) is 38.8. The largest absolute Gasteiger partial charge is 0.456 e. The van der Waals surface area contributed by atoms with E-state index in [0.717, 1.165) is 107 Å². The Kier molecular flexibility index (Phi) is 19.1. The topological polar surface area (TPSA) is 29.3 Å². The summed E-state index contributed by atoms with van der Waals surface area (Å²) in [5.74, 6) is 0. The van der Waals surface area contributed by atoms with Gasteiger partial charge in [0.25, 0.3) is 0 Å². The summed E-state index contributed by atoms with van der Waals surface area (Å²) < 4.78 is 6.06. The number of para-hydroxylation sites is 4. The highest BCUT2D eigenvalue weighted by molar-refractivity contribution is 6.06. The molecule has 0 amide bonds. The van der Waals surface area contributed by atoms with E-state index in [1.807, 2.05) is 12.1 Å². The first kappa shape index (κ1) is 69.2. The number of hydrogen-bond donors (Lipinski definition) is 0. The maximum atomic E-state index is 6.06. The van der Waals surface area contributed by atoms with Crippen molar-refractivity contribution in [2.24, 2.45) is 0 Å². The molecule has 114 heavy (non-hydrogen) atoms. The zero-order chi connectivity index (χ0) is 75.9. The molecule has 1 aromatic heterocycles. The van der Waals surface area contributed by atoms with Crippen LogP contribution in [-0.2, 0) is 0 Å². The molecule has 0 atom stereocenters. The summed E-state index contributed by atoms with van der Waals surface area (Å²) in [5.41, 5.74) is 25.2. The lowest BCUT2D eigenvalue weighted by molar-refractivity contribution is 0.669. The summed E-state index contributed by atoms with van der Waals surface area (Å²) in [4.78, 5) is 11.7. The van der Waals surface area contributed by atoms with E-state index in [4.69, 9.17) is 4.42 Å². The van der Waals surface area contributed by atoms with E-state index in [9.17, 15) is 0 Å². The summed E-state index contributed by atoms with van der Waals surface area (Å²) in [6.07, 6.45) is 0. The highest BCUT2D eigenvalue weighted by atomic mass is 16.3. The summed E-state index contributed by atoms with van der Waals surface area (Å²) in [6, 6.07) is 167. The first-order valence-electron chi connectivity index (χ1n) is 38.8. The lowest BCUT2D eigenvalue weighted by atomic mass is 10.0. The van der Waals surface area contributed by atoms with Crippen LogP contribution in [0.25, 0.3) is 87.6 Å². The van der Waals surface area contributed by atoms with E-state index in [2.05, 4.69) is 479 Å². The Labute approximate surface area is 664 Å². The molecule has 0 unspecified atom stereocenters. The van der Waals surface area contributed by atoms with E-state index in [1.165, 1.54) is 65.7 Å². The van der Waals surface area contributed by atoms with Gasteiger partial charge in [0.1, 0.15) is 11.2 Å². The van der Waals surface area contributed by atoms with Crippen LogP contribution in [0.4, 0.5) is 85.3 Å². The van der Waals surface area contributed by atoms with Crippen molar-refractivity contribution < 1.29 is 4.42 Å². The van der Waals surface area contributed by atoms with Crippen LogP contribution in [0.2, 0.25) is 0 Å². The van der Waals surface area contributed by atoms with Crippen LogP contribution in [0.15, 0.2) is 472 Å². The van der Waals surface area contributed by atoms with Crippen molar-refractivity contribution in [3.63, 3.8) is 0 Å². The monoisotopic (exact) mass is 1460 g/mol. The molecule has 0 aliphatic heterocycles. The fourth-order valence-corrected chi connectivity index (χ4v) is 15.7. The Bertz CT molecular complexity index is 6210. The maximum absolute atomic E-state index is 6.06. The molecule has 1 heterocycles. The van der Waals surface area contributed by atoms with Crippen molar-refractivity contribution in [3.05, 3.63) is 467 Å². The molecule has 0 saturated carbocycles. The molecule has 540 valence electrons. The molecule has 0 N–H and O–H groups in total. The number of benzene rings is 19. The van der Waals surface area contributed by atoms with Gasteiger partial charge in [0.15, 0.2) is 0 Å². The van der Waals surface area contributed by atoms with Crippen LogP contribution >= 0.6 is 0 Å². The molecule has 20 aromatic rings. The summed E-state index contributed by atoms with van der Waals surface area (Å²) >= 11 is 0. The van der Waals surface area contributed by atoms with Crippen LogP contribution in [0.5, 0.6) is 0 Å². The van der Waals surface area contributed by atoms with Crippen molar-refractivity contribution in [1.82, 2.24) is 0 Å². The lowest BCUT2D eigenvalue weighted by Gasteiger charge is -2.30.